The third-order valence-electron chi connectivity index (χ3n) is 7.00. The van der Waals surface area contributed by atoms with Gasteiger partial charge >= 0.3 is 31.2 Å². The van der Waals surface area contributed by atoms with Gasteiger partial charge in [0.2, 0.25) is 0 Å². The van der Waals surface area contributed by atoms with Crippen molar-refractivity contribution in [3.63, 3.8) is 0 Å². The van der Waals surface area contributed by atoms with Crippen molar-refractivity contribution < 1.29 is 48.2 Å². The molecule has 15 heteroatoms. The Hall–Kier alpha value is -4.34. The van der Waals surface area contributed by atoms with Gasteiger partial charge in [-0.15, -0.1) is 0 Å². The number of amides is 2. The minimum absolute atomic E-state index is 0.247. The molecular weight excluding hydrogens is 635 g/mol. The Morgan fingerprint density at radius 2 is 1.20 bits per heavy atom. The van der Waals surface area contributed by atoms with Gasteiger partial charge in [0, 0.05) is 31.9 Å². The highest BCUT2D eigenvalue weighted by molar-refractivity contribution is 6.58. The smallest absolute Gasteiger partial charge is 0.468 e. The number of ether oxygens (including phenoxy) is 4. The van der Waals surface area contributed by atoms with E-state index in [1.54, 1.807) is 29.2 Å². The molecule has 0 aromatic heterocycles. The topological polar surface area (TPSA) is 167 Å². The van der Waals surface area contributed by atoms with Gasteiger partial charge in [-0.25, -0.2) is 14.4 Å². The lowest BCUT2D eigenvalue weighted by molar-refractivity contribution is -0.144. The first kappa shape index (κ1) is 40.8. The Kier molecular flexibility index (Phi) is 15.8. The van der Waals surface area contributed by atoms with Gasteiger partial charge in [-0.2, -0.15) is 0 Å². The number of para-hydroxylation sites is 1. The molecule has 2 atom stereocenters. The van der Waals surface area contributed by atoms with Crippen molar-refractivity contribution in [1.29, 1.82) is 0 Å². The summed E-state index contributed by atoms with van der Waals surface area (Å²) in [5.41, 5.74) is 0.376. The number of hydrogen-bond acceptors (Lipinski definition) is 12. The van der Waals surface area contributed by atoms with Crippen LogP contribution in [0.2, 0.25) is 0 Å². The maximum absolute atomic E-state index is 12.2. The van der Waals surface area contributed by atoms with Crippen molar-refractivity contribution in [1.82, 2.24) is 15.1 Å². The standard InChI is InChI=1S/C17H24N2O4.C11H20N2O4.C6H7BO2/c1-17(2,3)23-16(21)18-10-11-19(13-8-6-5-7-9-13)14(12-18)15(20)22-4;1-11(2,3)17-10(15)13-6-5-12-8(7-13)9(14)16-4;8-7(9)6-4-2-1-3-5-6/h5-9,14H,10-12H2,1-4H3;8,12H,5-7H2,1-4H3;1-5,8-9H. The zero-order chi connectivity index (χ0) is 36.8. The molecule has 0 radical (unpaired) electrons. The van der Waals surface area contributed by atoms with Crippen molar-refractivity contribution in [3.8, 4) is 0 Å². The molecule has 4 rings (SSSR count). The van der Waals surface area contributed by atoms with E-state index < -0.39 is 42.6 Å². The first-order chi connectivity index (χ1) is 23.0. The van der Waals surface area contributed by atoms with Gasteiger partial charge in [-0.05, 0) is 59.1 Å². The van der Waals surface area contributed by atoms with Crippen molar-refractivity contribution in [2.24, 2.45) is 0 Å². The summed E-state index contributed by atoms with van der Waals surface area (Å²) in [6.45, 7) is 13.6. The summed E-state index contributed by atoms with van der Waals surface area (Å²) in [4.78, 5) is 52.6. The van der Waals surface area contributed by atoms with Gasteiger partial charge in [-0.3, -0.25) is 4.79 Å². The highest BCUT2D eigenvalue weighted by Crippen LogP contribution is 2.22. The molecule has 14 nitrogen and oxygen atoms in total. The maximum Gasteiger partial charge on any atom is 0.488 e. The molecule has 0 saturated carbocycles. The number of esters is 2. The maximum atomic E-state index is 12.2. The average molecular weight is 687 g/mol. The minimum Gasteiger partial charge on any atom is -0.468 e. The third-order valence-corrected chi connectivity index (χ3v) is 7.00. The van der Waals surface area contributed by atoms with E-state index in [9.17, 15) is 19.2 Å². The van der Waals surface area contributed by atoms with Crippen molar-refractivity contribution >= 4 is 42.4 Å². The van der Waals surface area contributed by atoms with Crippen LogP contribution in [0.15, 0.2) is 60.7 Å². The molecule has 2 unspecified atom stereocenters. The third kappa shape index (κ3) is 14.4. The van der Waals surface area contributed by atoms with Gasteiger partial charge < -0.3 is 49.0 Å². The SMILES string of the molecule is COC(=O)C1CN(C(=O)OC(C)(C)C)CCN1.COC(=O)C1CN(C(=O)OC(C)(C)C)CCN1c1ccccc1.OB(O)c1ccccc1. The predicted molar refractivity (Wildman–Crippen MR) is 185 cm³/mol. The first-order valence-electron chi connectivity index (χ1n) is 16.0. The van der Waals surface area contributed by atoms with E-state index in [0.717, 1.165) is 5.69 Å². The molecule has 2 aliphatic rings. The van der Waals surface area contributed by atoms with E-state index in [1.165, 1.54) is 19.1 Å². The number of nitrogens with one attached hydrogen (secondary N) is 1. The molecule has 2 aromatic carbocycles. The number of rotatable bonds is 4. The number of carbonyl (C=O) groups excluding carboxylic acids is 4. The number of methoxy groups -OCH3 is 2. The Balaban J connectivity index is 0.000000280. The summed E-state index contributed by atoms with van der Waals surface area (Å²) >= 11 is 0. The molecule has 2 aromatic rings. The number of hydrogen-bond donors (Lipinski definition) is 3. The summed E-state index contributed by atoms with van der Waals surface area (Å²) < 4.78 is 20.2. The lowest BCUT2D eigenvalue weighted by atomic mass is 9.81. The van der Waals surface area contributed by atoms with Gasteiger partial charge in [0.1, 0.15) is 23.3 Å². The van der Waals surface area contributed by atoms with Crippen molar-refractivity contribution in [3.05, 3.63) is 60.7 Å². The minimum atomic E-state index is -1.34. The van der Waals surface area contributed by atoms with Crippen LogP contribution in [0, 0.1) is 0 Å². The summed E-state index contributed by atoms with van der Waals surface area (Å²) in [6.07, 6.45) is -0.799. The number of nitrogens with zero attached hydrogens (tertiary/aromatic N) is 3. The molecule has 0 aliphatic carbocycles. The van der Waals surface area contributed by atoms with Gasteiger partial charge in [0.15, 0.2) is 0 Å². The Labute approximate surface area is 289 Å². The molecule has 270 valence electrons. The van der Waals surface area contributed by atoms with Gasteiger partial charge in [0.25, 0.3) is 0 Å². The summed E-state index contributed by atoms with van der Waals surface area (Å²) in [5, 5.41) is 20.2. The van der Waals surface area contributed by atoms with E-state index in [1.807, 2.05) is 82.8 Å². The normalized spacial score (nSPS) is 17.6. The molecule has 0 bridgehead atoms. The molecule has 2 heterocycles. The average Bonchev–Trinajstić information content (AvgIpc) is 3.07. The molecule has 2 saturated heterocycles. The lowest BCUT2D eigenvalue weighted by Gasteiger charge is -2.41. The van der Waals surface area contributed by atoms with E-state index in [2.05, 4.69) is 10.1 Å². The fourth-order valence-corrected chi connectivity index (χ4v) is 4.71. The molecular formula is C34H51BN4O10. The van der Waals surface area contributed by atoms with Crippen LogP contribution in [0.5, 0.6) is 0 Å². The highest BCUT2D eigenvalue weighted by Gasteiger charge is 2.37. The fourth-order valence-electron chi connectivity index (χ4n) is 4.71. The molecule has 2 fully saturated rings. The zero-order valence-electron chi connectivity index (χ0n) is 29.8. The van der Waals surface area contributed by atoms with Crippen LogP contribution in [0.1, 0.15) is 41.5 Å². The fraction of sp³-hybridized carbons (Fsp3) is 0.529. The van der Waals surface area contributed by atoms with Crippen LogP contribution in [0.3, 0.4) is 0 Å². The monoisotopic (exact) mass is 686 g/mol. The summed E-state index contributed by atoms with van der Waals surface area (Å²) in [6, 6.07) is 17.3. The quantitative estimate of drug-likeness (QED) is 0.244. The van der Waals surface area contributed by atoms with E-state index in [-0.39, 0.29) is 25.0 Å². The molecule has 3 N–H and O–H groups in total. The second-order valence-electron chi connectivity index (χ2n) is 13.2. The van der Waals surface area contributed by atoms with E-state index in [4.69, 9.17) is 24.3 Å². The van der Waals surface area contributed by atoms with Crippen LogP contribution in [0.4, 0.5) is 15.3 Å². The zero-order valence-corrected chi connectivity index (χ0v) is 29.8. The second-order valence-corrected chi connectivity index (χ2v) is 13.2. The van der Waals surface area contributed by atoms with Crippen molar-refractivity contribution in [2.75, 3.05) is 58.4 Å². The van der Waals surface area contributed by atoms with E-state index in [0.29, 0.717) is 31.6 Å². The number of carbonyl (C=O) groups is 4. The van der Waals surface area contributed by atoms with Gasteiger partial charge in [0.05, 0.1) is 27.3 Å². The number of anilines is 1. The van der Waals surface area contributed by atoms with Crippen LogP contribution in [0.25, 0.3) is 0 Å². The molecule has 2 aliphatic heterocycles. The largest absolute Gasteiger partial charge is 0.488 e. The molecule has 0 spiro atoms. The number of benzene rings is 2. The van der Waals surface area contributed by atoms with E-state index >= 15 is 0 Å². The van der Waals surface area contributed by atoms with Crippen LogP contribution in [-0.4, -0.2) is 128 Å². The van der Waals surface area contributed by atoms with Gasteiger partial charge in [-0.1, -0.05) is 48.5 Å². The predicted octanol–water partition coefficient (Wildman–Crippen LogP) is 2.02. The second kappa shape index (κ2) is 19.0. The Bertz CT molecular complexity index is 1340. The Morgan fingerprint density at radius 3 is 1.65 bits per heavy atom. The van der Waals surface area contributed by atoms with Crippen LogP contribution < -0.4 is 15.7 Å². The van der Waals surface area contributed by atoms with Crippen molar-refractivity contribution in [2.45, 2.75) is 64.8 Å². The summed E-state index contributed by atoms with van der Waals surface area (Å²) in [7, 11) is 1.35. The first-order valence-corrected chi connectivity index (χ1v) is 16.0. The highest BCUT2D eigenvalue weighted by atomic mass is 16.6. The molecule has 2 amide bonds. The molecule has 49 heavy (non-hydrogen) atoms. The number of piperazine rings is 2. The summed E-state index contributed by atoms with van der Waals surface area (Å²) in [5.74, 6) is -0.722. The lowest BCUT2D eigenvalue weighted by Crippen LogP contribution is -2.58. The van der Waals surface area contributed by atoms with Crippen LogP contribution >= 0.6 is 0 Å². The van der Waals surface area contributed by atoms with Crippen LogP contribution in [-0.2, 0) is 28.5 Å². The Morgan fingerprint density at radius 1 is 0.714 bits per heavy atom.